The number of hydrogen-bond acceptors (Lipinski definition) is 4. The molecule has 0 unspecified atom stereocenters. The van der Waals surface area contributed by atoms with E-state index >= 15 is 0 Å². The molecule has 0 aliphatic rings. The van der Waals surface area contributed by atoms with Crippen LogP contribution in [-0.2, 0) is 0 Å². The fourth-order valence-corrected chi connectivity index (χ4v) is 2.59. The first-order valence-electron chi connectivity index (χ1n) is 5.61. The standard InChI is InChI=1S/C13H10F3NO2S/c1-7-12(20-8(2)17-7)11(18)9-4-3-5-10(6-9)19-13(14,15)16/h3-6H,1-2H3. The van der Waals surface area contributed by atoms with Gasteiger partial charge in [-0.05, 0) is 26.0 Å². The molecule has 0 amide bonds. The smallest absolute Gasteiger partial charge is 0.406 e. The first-order chi connectivity index (χ1) is 9.26. The van der Waals surface area contributed by atoms with Crippen LogP contribution in [0.1, 0.15) is 25.9 Å². The summed E-state index contributed by atoms with van der Waals surface area (Å²) in [5, 5.41) is 0.730. The minimum absolute atomic E-state index is 0.137. The lowest BCUT2D eigenvalue weighted by Crippen LogP contribution is -2.17. The second kappa shape index (κ2) is 5.24. The number of ether oxygens (including phenoxy) is 1. The van der Waals surface area contributed by atoms with Crippen molar-refractivity contribution in [1.82, 2.24) is 4.98 Å². The van der Waals surface area contributed by atoms with Crippen LogP contribution in [-0.4, -0.2) is 17.1 Å². The maximum Gasteiger partial charge on any atom is 0.573 e. The Bertz CT molecular complexity index is 649. The molecule has 0 atom stereocenters. The molecule has 0 N–H and O–H groups in total. The zero-order valence-corrected chi connectivity index (χ0v) is 11.4. The van der Waals surface area contributed by atoms with Crippen molar-refractivity contribution < 1.29 is 22.7 Å². The Kier molecular flexibility index (Phi) is 3.80. The molecule has 7 heteroatoms. The third-order valence-electron chi connectivity index (χ3n) is 2.44. The number of halogens is 3. The summed E-state index contributed by atoms with van der Waals surface area (Å²) in [5.74, 6) is -0.775. The Balaban J connectivity index is 2.31. The minimum Gasteiger partial charge on any atom is -0.406 e. The van der Waals surface area contributed by atoms with Crippen LogP contribution in [0.15, 0.2) is 24.3 Å². The van der Waals surface area contributed by atoms with Crippen molar-refractivity contribution in [1.29, 1.82) is 0 Å². The van der Waals surface area contributed by atoms with E-state index in [0.717, 1.165) is 17.1 Å². The number of thiazole rings is 1. The van der Waals surface area contributed by atoms with Gasteiger partial charge in [0.05, 0.1) is 15.6 Å². The number of rotatable bonds is 3. The Morgan fingerprint density at radius 3 is 2.55 bits per heavy atom. The van der Waals surface area contributed by atoms with Crippen LogP contribution >= 0.6 is 11.3 Å². The van der Waals surface area contributed by atoms with E-state index in [-0.39, 0.29) is 11.3 Å². The van der Waals surface area contributed by atoms with Gasteiger partial charge in [-0.2, -0.15) is 0 Å². The minimum atomic E-state index is -4.78. The number of hydrogen-bond donors (Lipinski definition) is 0. The summed E-state index contributed by atoms with van der Waals surface area (Å²) in [5.41, 5.74) is 0.707. The molecule has 0 aliphatic heterocycles. The van der Waals surface area contributed by atoms with E-state index in [1.54, 1.807) is 13.8 Å². The van der Waals surface area contributed by atoms with Crippen LogP contribution in [0.25, 0.3) is 0 Å². The molecule has 0 fully saturated rings. The molecule has 1 aromatic heterocycles. The summed E-state index contributed by atoms with van der Waals surface area (Å²) < 4.78 is 40.2. The van der Waals surface area contributed by atoms with E-state index < -0.39 is 12.1 Å². The number of alkyl halides is 3. The molecule has 1 heterocycles. The highest BCUT2D eigenvalue weighted by molar-refractivity contribution is 7.14. The summed E-state index contributed by atoms with van der Waals surface area (Å²) in [4.78, 5) is 16.8. The van der Waals surface area contributed by atoms with Crippen molar-refractivity contribution in [2.24, 2.45) is 0 Å². The fraction of sp³-hybridized carbons (Fsp3) is 0.231. The number of carbonyl (C=O) groups excluding carboxylic acids is 1. The van der Waals surface area contributed by atoms with Gasteiger partial charge >= 0.3 is 6.36 Å². The van der Waals surface area contributed by atoms with Crippen LogP contribution in [0, 0.1) is 13.8 Å². The van der Waals surface area contributed by atoms with Gasteiger partial charge < -0.3 is 4.74 Å². The number of aryl methyl sites for hydroxylation is 2. The summed E-state index contributed by atoms with van der Waals surface area (Å²) >= 11 is 1.21. The van der Waals surface area contributed by atoms with E-state index in [1.165, 1.54) is 23.5 Å². The van der Waals surface area contributed by atoms with Crippen molar-refractivity contribution in [3.8, 4) is 5.75 Å². The van der Waals surface area contributed by atoms with Crippen LogP contribution in [0.4, 0.5) is 13.2 Å². The second-order valence-corrected chi connectivity index (χ2v) is 5.26. The highest BCUT2D eigenvalue weighted by Gasteiger charge is 2.31. The Labute approximate surface area is 117 Å². The third kappa shape index (κ3) is 3.36. The number of carbonyl (C=O) groups is 1. The van der Waals surface area contributed by atoms with Gasteiger partial charge in [-0.1, -0.05) is 12.1 Å². The Hall–Kier alpha value is -1.89. The predicted molar refractivity (Wildman–Crippen MR) is 68.1 cm³/mol. The third-order valence-corrected chi connectivity index (χ3v) is 3.51. The van der Waals surface area contributed by atoms with Gasteiger partial charge in [-0.15, -0.1) is 24.5 Å². The van der Waals surface area contributed by atoms with Crippen molar-refractivity contribution in [3.63, 3.8) is 0 Å². The van der Waals surface area contributed by atoms with Gasteiger partial charge in [0.2, 0.25) is 5.78 Å². The molecule has 2 aromatic rings. The lowest BCUT2D eigenvalue weighted by molar-refractivity contribution is -0.274. The van der Waals surface area contributed by atoms with Crippen LogP contribution in [0.3, 0.4) is 0 Å². The Morgan fingerprint density at radius 2 is 2.00 bits per heavy atom. The SMILES string of the molecule is Cc1nc(C)c(C(=O)c2cccc(OC(F)(F)F)c2)s1. The lowest BCUT2D eigenvalue weighted by Gasteiger charge is -2.09. The first-order valence-corrected chi connectivity index (χ1v) is 6.42. The van der Waals surface area contributed by atoms with Crippen LogP contribution in [0.5, 0.6) is 5.75 Å². The van der Waals surface area contributed by atoms with E-state index in [2.05, 4.69) is 9.72 Å². The van der Waals surface area contributed by atoms with E-state index in [9.17, 15) is 18.0 Å². The van der Waals surface area contributed by atoms with Crippen molar-refractivity contribution in [3.05, 3.63) is 45.4 Å². The van der Waals surface area contributed by atoms with E-state index in [0.29, 0.717) is 10.6 Å². The van der Waals surface area contributed by atoms with Gasteiger partial charge in [0, 0.05) is 5.56 Å². The topological polar surface area (TPSA) is 39.2 Å². The second-order valence-electron chi connectivity index (χ2n) is 4.05. The van der Waals surface area contributed by atoms with Gasteiger partial charge in [0.1, 0.15) is 5.75 Å². The average Bonchev–Trinajstić information content (AvgIpc) is 2.65. The van der Waals surface area contributed by atoms with Crippen LogP contribution < -0.4 is 4.74 Å². The molecule has 106 valence electrons. The highest BCUT2D eigenvalue weighted by Crippen LogP contribution is 2.26. The number of ketones is 1. The molecule has 1 aromatic carbocycles. The summed E-state index contributed by atoms with van der Waals surface area (Å²) in [6.07, 6.45) is -4.78. The molecule has 3 nitrogen and oxygen atoms in total. The number of benzene rings is 1. The zero-order valence-electron chi connectivity index (χ0n) is 10.6. The summed E-state index contributed by atoms with van der Waals surface area (Å²) in [6, 6.07) is 5.01. The molecular formula is C13H10F3NO2S. The fourth-order valence-electron chi connectivity index (χ4n) is 1.71. The van der Waals surface area contributed by atoms with Crippen molar-refractivity contribution in [2.45, 2.75) is 20.2 Å². The molecule has 0 spiro atoms. The first kappa shape index (κ1) is 14.5. The largest absolute Gasteiger partial charge is 0.573 e. The molecule has 0 saturated heterocycles. The molecule has 20 heavy (non-hydrogen) atoms. The molecule has 0 saturated carbocycles. The maximum atomic E-state index is 12.2. The molecular weight excluding hydrogens is 291 g/mol. The molecule has 0 aliphatic carbocycles. The Morgan fingerprint density at radius 1 is 1.30 bits per heavy atom. The van der Waals surface area contributed by atoms with Crippen molar-refractivity contribution >= 4 is 17.1 Å². The van der Waals surface area contributed by atoms with E-state index in [4.69, 9.17) is 0 Å². The summed E-state index contributed by atoms with van der Waals surface area (Å²) in [7, 11) is 0. The summed E-state index contributed by atoms with van der Waals surface area (Å²) in [6.45, 7) is 3.45. The highest BCUT2D eigenvalue weighted by atomic mass is 32.1. The molecule has 0 radical (unpaired) electrons. The van der Waals surface area contributed by atoms with Crippen molar-refractivity contribution in [2.75, 3.05) is 0 Å². The van der Waals surface area contributed by atoms with Gasteiger partial charge in [-0.3, -0.25) is 4.79 Å². The quantitative estimate of drug-likeness (QED) is 0.807. The van der Waals surface area contributed by atoms with Crippen LogP contribution in [0.2, 0.25) is 0 Å². The zero-order chi connectivity index (χ0) is 14.9. The van der Waals surface area contributed by atoms with E-state index in [1.807, 2.05) is 0 Å². The number of nitrogens with zero attached hydrogens (tertiary/aromatic N) is 1. The lowest BCUT2D eigenvalue weighted by atomic mass is 10.1. The normalized spacial score (nSPS) is 11.4. The number of aromatic nitrogens is 1. The van der Waals surface area contributed by atoms with Gasteiger partial charge in [0.15, 0.2) is 0 Å². The molecule has 0 bridgehead atoms. The predicted octanol–water partition coefficient (Wildman–Crippen LogP) is 3.89. The van der Waals surface area contributed by atoms with Gasteiger partial charge in [-0.25, -0.2) is 4.98 Å². The molecule has 2 rings (SSSR count). The van der Waals surface area contributed by atoms with Gasteiger partial charge in [0.25, 0.3) is 0 Å². The average molecular weight is 301 g/mol. The maximum absolute atomic E-state index is 12.2. The monoisotopic (exact) mass is 301 g/mol.